The van der Waals surface area contributed by atoms with Crippen LogP contribution in [-0.2, 0) is 26.2 Å². The van der Waals surface area contributed by atoms with E-state index >= 15 is 0 Å². The number of fused-ring (bicyclic) bond motifs is 1. The van der Waals surface area contributed by atoms with Crippen LogP contribution >= 0.6 is 0 Å². The average Bonchev–Trinajstić information content (AvgIpc) is 3.34. The lowest BCUT2D eigenvalue weighted by molar-refractivity contribution is -0.140. The van der Waals surface area contributed by atoms with Gasteiger partial charge in [-0.05, 0) is 51.3 Å². The number of hydrogen-bond acceptors (Lipinski definition) is 6. The summed E-state index contributed by atoms with van der Waals surface area (Å²) in [6.07, 6.45) is 1.13. The average molecular weight is 532 g/mol. The summed E-state index contributed by atoms with van der Waals surface area (Å²) in [6.45, 7) is 8.98. The van der Waals surface area contributed by atoms with E-state index in [9.17, 15) is 18.0 Å². The fourth-order valence-electron chi connectivity index (χ4n) is 4.13. The molecule has 3 rings (SSSR count). The van der Waals surface area contributed by atoms with E-state index in [1.54, 1.807) is 18.2 Å². The zero-order valence-electron chi connectivity index (χ0n) is 22.2. The number of anilines is 1. The van der Waals surface area contributed by atoms with Crippen molar-refractivity contribution in [2.75, 3.05) is 23.4 Å². The van der Waals surface area contributed by atoms with Gasteiger partial charge in [-0.2, -0.15) is 0 Å². The van der Waals surface area contributed by atoms with Crippen LogP contribution in [0.1, 0.15) is 51.7 Å². The van der Waals surface area contributed by atoms with E-state index in [4.69, 9.17) is 9.47 Å². The number of carbonyl (C=O) groups excluding carboxylic acids is 2. The predicted molar refractivity (Wildman–Crippen MR) is 143 cm³/mol. The minimum atomic E-state index is -3.83. The third kappa shape index (κ3) is 6.94. The molecule has 0 aromatic heterocycles. The molecule has 1 N–H and O–H groups in total. The molecule has 0 saturated carbocycles. The van der Waals surface area contributed by atoms with Crippen LogP contribution in [0, 0.1) is 6.92 Å². The van der Waals surface area contributed by atoms with E-state index in [0.29, 0.717) is 23.6 Å². The number of rotatable bonds is 12. The topological polar surface area (TPSA) is 105 Å². The molecule has 2 aromatic rings. The van der Waals surface area contributed by atoms with Crippen molar-refractivity contribution in [3.8, 4) is 11.5 Å². The van der Waals surface area contributed by atoms with Gasteiger partial charge < -0.3 is 19.7 Å². The first-order valence-corrected chi connectivity index (χ1v) is 14.3. The lowest BCUT2D eigenvalue weighted by Gasteiger charge is -2.33. The van der Waals surface area contributed by atoms with Crippen molar-refractivity contribution in [1.82, 2.24) is 10.2 Å². The van der Waals surface area contributed by atoms with Crippen molar-refractivity contribution in [2.24, 2.45) is 0 Å². The highest BCUT2D eigenvalue weighted by Crippen LogP contribution is 2.36. The molecule has 1 heterocycles. The number of carbonyl (C=O) groups is 2. The molecule has 0 radical (unpaired) electrons. The van der Waals surface area contributed by atoms with Crippen molar-refractivity contribution < 1.29 is 27.5 Å². The molecule has 0 unspecified atom stereocenters. The third-order valence-corrected chi connectivity index (χ3v) is 8.19. The van der Waals surface area contributed by atoms with Gasteiger partial charge in [0.1, 0.15) is 12.6 Å². The van der Waals surface area contributed by atoms with Crippen LogP contribution in [-0.4, -0.2) is 56.3 Å². The van der Waals surface area contributed by atoms with Gasteiger partial charge in [0.25, 0.3) is 0 Å². The molecule has 2 amide bonds. The SMILES string of the molecule is CC[C@H](C(=O)N[C@@H](C)CC)N(Cc1cccc(C)c1)C(=O)CN(c1ccc2c(c1)OCO2)S(=O)(=O)CC. The first-order chi connectivity index (χ1) is 17.6. The lowest BCUT2D eigenvalue weighted by Crippen LogP contribution is -2.53. The summed E-state index contributed by atoms with van der Waals surface area (Å²) in [4.78, 5) is 28.6. The lowest BCUT2D eigenvalue weighted by atomic mass is 10.1. The maximum absolute atomic E-state index is 13.9. The fraction of sp³-hybridized carbons (Fsp3) is 0.481. The zero-order valence-corrected chi connectivity index (χ0v) is 23.0. The van der Waals surface area contributed by atoms with E-state index in [1.807, 2.05) is 52.0 Å². The second kappa shape index (κ2) is 12.3. The van der Waals surface area contributed by atoms with Gasteiger partial charge in [0.05, 0.1) is 11.4 Å². The van der Waals surface area contributed by atoms with Crippen LogP contribution in [0.25, 0.3) is 0 Å². The molecule has 0 spiro atoms. The van der Waals surface area contributed by atoms with Crippen molar-refractivity contribution in [2.45, 2.75) is 66.1 Å². The van der Waals surface area contributed by atoms with Crippen LogP contribution in [0.3, 0.4) is 0 Å². The molecular weight excluding hydrogens is 494 g/mol. The zero-order chi connectivity index (χ0) is 27.2. The van der Waals surface area contributed by atoms with Gasteiger partial charge in [-0.3, -0.25) is 13.9 Å². The standard InChI is InChI=1S/C27H37N3O6S/c1-6-20(5)28-27(32)23(7-2)29(16-21-11-9-10-19(4)14-21)26(31)17-30(37(33,34)8-3)22-12-13-24-25(15-22)36-18-35-24/h9-15,20,23H,6-8,16-18H2,1-5H3,(H,28,32)/t20-,23+/m0/s1. The number of amides is 2. The Morgan fingerprint density at radius 3 is 2.41 bits per heavy atom. The quantitative estimate of drug-likeness (QED) is 0.449. The van der Waals surface area contributed by atoms with Crippen LogP contribution < -0.4 is 19.1 Å². The van der Waals surface area contributed by atoms with Crippen molar-refractivity contribution in [3.63, 3.8) is 0 Å². The normalized spacial score (nSPS) is 14.1. The number of ether oxygens (including phenoxy) is 2. The number of nitrogens with zero attached hydrogens (tertiary/aromatic N) is 2. The highest BCUT2D eigenvalue weighted by atomic mass is 32.2. The summed E-state index contributed by atoms with van der Waals surface area (Å²) >= 11 is 0. The summed E-state index contributed by atoms with van der Waals surface area (Å²) in [5.41, 5.74) is 2.18. The maximum Gasteiger partial charge on any atom is 0.244 e. The number of nitrogens with one attached hydrogen (secondary N) is 1. The maximum atomic E-state index is 13.9. The smallest absolute Gasteiger partial charge is 0.244 e. The van der Waals surface area contributed by atoms with Crippen LogP contribution in [0.4, 0.5) is 5.69 Å². The monoisotopic (exact) mass is 531 g/mol. The second-order valence-corrected chi connectivity index (χ2v) is 11.4. The minimum Gasteiger partial charge on any atom is -0.454 e. The Morgan fingerprint density at radius 2 is 1.76 bits per heavy atom. The van der Waals surface area contributed by atoms with Gasteiger partial charge in [-0.25, -0.2) is 8.42 Å². The predicted octanol–water partition coefficient (Wildman–Crippen LogP) is 3.60. The molecule has 2 aromatic carbocycles. The summed E-state index contributed by atoms with van der Waals surface area (Å²) < 4.78 is 38.1. The van der Waals surface area contributed by atoms with Crippen molar-refractivity contribution in [1.29, 1.82) is 0 Å². The van der Waals surface area contributed by atoms with Gasteiger partial charge in [0.2, 0.25) is 28.6 Å². The van der Waals surface area contributed by atoms with Crippen LogP contribution in [0.15, 0.2) is 42.5 Å². The number of aryl methyl sites for hydroxylation is 1. The molecule has 1 aliphatic rings. The van der Waals surface area contributed by atoms with Crippen LogP contribution in [0.5, 0.6) is 11.5 Å². The summed E-state index contributed by atoms with van der Waals surface area (Å²) in [7, 11) is -3.83. The molecular formula is C27H37N3O6S. The van der Waals surface area contributed by atoms with Gasteiger partial charge in [0.15, 0.2) is 11.5 Å². The summed E-state index contributed by atoms with van der Waals surface area (Å²) in [5, 5.41) is 2.97. The van der Waals surface area contributed by atoms with E-state index in [-0.39, 0.29) is 31.0 Å². The number of benzene rings is 2. The molecule has 0 saturated heterocycles. The Bertz CT molecular complexity index is 1220. The molecule has 0 fully saturated rings. The van der Waals surface area contributed by atoms with Gasteiger partial charge >= 0.3 is 0 Å². The van der Waals surface area contributed by atoms with Gasteiger partial charge in [-0.15, -0.1) is 0 Å². The van der Waals surface area contributed by atoms with Gasteiger partial charge in [0, 0.05) is 18.7 Å². The Balaban J connectivity index is 1.97. The molecule has 10 heteroatoms. The Kier molecular flexibility index (Phi) is 9.42. The van der Waals surface area contributed by atoms with Crippen molar-refractivity contribution >= 4 is 27.5 Å². The second-order valence-electron chi connectivity index (χ2n) is 9.20. The third-order valence-electron chi connectivity index (χ3n) is 6.45. The summed E-state index contributed by atoms with van der Waals surface area (Å²) in [6, 6.07) is 11.7. The van der Waals surface area contributed by atoms with E-state index < -0.39 is 28.5 Å². The minimum absolute atomic E-state index is 0.0476. The first kappa shape index (κ1) is 28.3. The van der Waals surface area contributed by atoms with Crippen molar-refractivity contribution in [3.05, 3.63) is 53.6 Å². The number of sulfonamides is 1. The van der Waals surface area contributed by atoms with E-state index in [2.05, 4.69) is 5.32 Å². The molecule has 202 valence electrons. The molecule has 0 bridgehead atoms. The first-order valence-electron chi connectivity index (χ1n) is 12.6. The fourth-order valence-corrected chi connectivity index (χ4v) is 5.18. The molecule has 0 aliphatic carbocycles. The Hall–Kier alpha value is -3.27. The number of hydrogen-bond donors (Lipinski definition) is 1. The molecule has 9 nitrogen and oxygen atoms in total. The summed E-state index contributed by atoms with van der Waals surface area (Å²) in [5.74, 6) is 0.00126. The largest absolute Gasteiger partial charge is 0.454 e. The van der Waals surface area contributed by atoms with E-state index in [0.717, 1.165) is 21.9 Å². The molecule has 1 aliphatic heterocycles. The van der Waals surface area contributed by atoms with Crippen LogP contribution in [0.2, 0.25) is 0 Å². The molecule has 2 atom stereocenters. The van der Waals surface area contributed by atoms with E-state index in [1.165, 1.54) is 11.8 Å². The Labute approximate surface area is 219 Å². The highest BCUT2D eigenvalue weighted by Gasteiger charge is 2.33. The Morgan fingerprint density at radius 1 is 1.03 bits per heavy atom. The molecule has 37 heavy (non-hydrogen) atoms. The van der Waals surface area contributed by atoms with Gasteiger partial charge in [-0.1, -0.05) is 43.7 Å². The highest BCUT2D eigenvalue weighted by molar-refractivity contribution is 7.92.